The zero-order valence-corrected chi connectivity index (χ0v) is 26.7. The van der Waals surface area contributed by atoms with Crippen molar-refractivity contribution in [2.24, 2.45) is 5.92 Å². The summed E-state index contributed by atoms with van der Waals surface area (Å²) in [5.74, 6) is 1.45. The number of hydrogen-bond donors (Lipinski definition) is 2. The third-order valence-corrected chi connectivity index (χ3v) is 8.07. The summed E-state index contributed by atoms with van der Waals surface area (Å²) in [7, 11) is 0. The average molecular weight is 645 g/mol. The van der Waals surface area contributed by atoms with E-state index in [-0.39, 0.29) is 36.5 Å². The third-order valence-electron chi connectivity index (χ3n) is 8.07. The van der Waals surface area contributed by atoms with Gasteiger partial charge in [-0.25, -0.2) is 4.39 Å². The van der Waals surface area contributed by atoms with E-state index in [2.05, 4.69) is 52.0 Å². The Labute approximate surface area is 273 Å². The average Bonchev–Trinajstić information content (AvgIpc) is 3.02. The van der Waals surface area contributed by atoms with E-state index in [0.717, 1.165) is 75.3 Å². The Kier molecular flexibility index (Phi) is 15.0. The number of likely N-dealkylation sites (tertiary alicyclic amines) is 1. The van der Waals surface area contributed by atoms with Crippen molar-refractivity contribution in [2.45, 2.75) is 51.4 Å². The fraction of sp³-hybridized carbons (Fsp3) is 0.400. The van der Waals surface area contributed by atoms with Gasteiger partial charge in [-0.1, -0.05) is 60.7 Å². The molecule has 0 unspecified atom stereocenters. The number of amides is 1. The predicted octanol–water partition coefficient (Wildman–Crippen LogP) is 6.81. The van der Waals surface area contributed by atoms with Crippen LogP contribution in [0.5, 0.6) is 11.5 Å². The van der Waals surface area contributed by atoms with E-state index in [4.69, 9.17) is 9.47 Å². The van der Waals surface area contributed by atoms with Gasteiger partial charge in [-0.3, -0.25) is 9.69 Å². The van der Waals surface area contributed by atoms with Crippen LogP contribution in [-0.4, -0.2) is 49.6 Å². The van der Waals surface area contributed by atoms with Crippen molar-refractivity contribution in [3.05, 3.63) is 101 Å². The lowest BCUT2D eigenvalue weighted by Gasteiger charge is -2.30. The topological polar surface area (TPSA) is 62.8 Å². The maximum absolute atomic E-state index is 13.9. The van der Waals surface area contributed by atoms with Gasteiger partial charge in [-0.15, -0.1) is 24.8 Å². The van der Waals surface area contributed by atoms with E-state index in [1.807, 2.05) is 30.3 Å². The summed E-state index contributed by atoms with van der Waals surface area (Å²) in [4.78, 5) is 15.2. The van der Waals surface area contributed by atoms with E-state index in [1.54, 1.807) is 6.07 Å². The van der Waals surface area contributed by atoms with Crippen LogP contribution in [0.25, 0.3) is 6.08 Å². The predicted molar refractivity (Wildman–Crippen MR) is 179 cm³/mol. The zero-order valence-electron chi connectivity index (χ0n) is 25.1. The largest absolute Gasteiger partial charge is 0.490 e. The Morgan fingerprint density at radius 2 is 1.68 bits per heavy atom. The Balaban J connectivity index is 0.00000264. The number of nitrogens with zero attached hydrogens (tertiary/aromatic N) is 1. The number of carbonyl (C=O) groups is 1. The number of rotatable bonds is 12. The number of benzene rings is 3. The molecule has 0 radical (unpaired) electrons. The van der Waals surface area contributed by atoms with Gasteiger partial charge in [0, 0.05) is 31.1 Å². The van der Waals surface area contributed by atoms with Crippen LogP contribution in [-0.2, 0) is 17.9 Å². The first-order chi connectivity index (χ1) is 20.6. The standard InChI is InChI=1S/C35H42FN3O3.2ClH/c36-31-11-10-30(34(24-31)41-26-29-5-2-1-3-6-29)25-38-35(40)23-28-16-21-39(22-17-28)20-4-7-27-8-12-32(13-9-27)42-33-14-18-37-19-15-33;;/h1-13,24,28,33,37H,14-23,25-26H2,(H,38,40);2*1H/b7-4+;;. The van der Waals surface area contributed by atoms with Gasteiger partial charge in [0.25, 0.3) is 0 Å². The van der Waals surface area contributed by atoms with Crippen molar-refractivity contribution in [1.29, 1.82) is 0 Å². The van der Waals surface area contributed by atoms with Gasteiger partial charge in [-0.2, -0.15) is 0 Å². The Bertz CT molecular complexity index is 1300. The molecule has 3 aromatic rings. The fourth-order valence-electron chi connectivity index (χ4n) is 5.55. The van der Waals surface area contributed by atoms with E-state index in [9.17, 15) is 9.18 Å². The van der Waals surface area contributed by atoms with Crippen molar-refractivity contribution in [3.63, 3.8) is 0 Å². The first-order valence-corrected chi connectivity index (χ1v) is 15.2. The number of hydrogen-bond acceptors (Lipinski definition) is 5. The van der Waals surface area contributed by atoms with E-state index < -0.39 is 0 Å². The van der Waals surface area contributed by atoms with Crippen LogP contribution in [0.2, 0.25) is 0 Å². The molecule has 0 saturated carbocycles. The second kappa shape index (κ2) is 18.6. The van der Waals surface area contributed by atoms with Crippen LogP contribution in [0, 0.1) is 11.7 Å². The van der Waals surface area contributed by atoms with Crippen LogP contribution in [0.1, 0.15) is 48.8 Å². The third kappa shape index (κ3) is 11.4. The molecule has 2 heterocycles. The van der Waals surface area contributed by atoms with Gasteiger partial charge in [0.15, 0.2) is 0 Å². The SMILES string of the molecule is Cl.Cl.O=C(CC1CCN(C/C=C/c2ccc(OC3CCNCC3)cc2)CC1)NCc1ccc(F)cc1OCc1ccccc1. The molecule has 2 aliphatic rings. The molecule has 238 valence electrons. The van der Waals surface area contributed by atoms with Gasteiger partial charge in [-0.05, 0) is 87.1 Å². The highest BCUT2D eigenvalue weighted by atomic mass is 35.5. The molecule has 0 spiro atoms. The molecule has 2 fully saturated rings. The molecule has 2 saturated heterocycles. The van der Waals surface area contributed by atoms with Gasteiger partial charge < -0.3 is 20.1 Å². The maximum atomic E-state index is 13.9. The van der Waals surface area contributed by atoms with Crippen molar-refractivity contribution in [2.75, 3.05) is 32.7 Å². The lowest BCUT2D eigenvalue weighted by Crippen LogP contribution is -2.35. The first kappa shape index (κ1) is 35.4. The van der Waals surface area contributed by atoms with E-state index in [1.165, 1.54) is 17.7 Å². The van der Waals surface area contributed by atoms with Crippen LogP contribution >= 0.6 is 24.8 Å². The molecule has 0 atom stereocenters. The molecule has 44 heavy (non-hydrogen) atoms. The van der Waals surface area contributed by atoms with Crippen molar-refractivity contribution in [3.8, 4) is 11.5 Å². The molecule has 1 amide bonds. The molecular formula is C35H44Cl2FN3O3. The van der Waals surface area contributed by atoms with Gasteiger partial charge in [0.2, 0.25) is 5.91 Å². The minimum atomic E-state index is -0.356. The summed E-state index contributed by atoms with van der Waals surface area (Å²) in [6.45, 7) is 5.60. The number of carbonyl (C=O) groups excluding carboxylic acids is 1. The summed E-state index contributed by atoms with van der Waals surface area (Å²) in [6.07, 6.45) is 9.34. The monoisotopic (exact) mass is 643 g/mol. The lowest BCUT2D eigenvalue weighted by atomic mass is 9.93. The number of piperidine rings is 2. The van der Waals surface area contributed by atoms with Crippen LogP contribution < -0.4 is 20.1 Å². The second-order valence-electron chi connectivity index (χ2n) is 11.3. The summed E-state index contributed by atoms with van der Waals surface area (Å²) in [5.41, 5.74) is 2.95. The zero-order chi connectivity index (χ0) is 29.0. The van der Waals surface area contributed by atoms with Crippen molar-refractivity contribution < 1.29 is 18.7 Å². The highest BCUT2D eigenvalue weighted by Gasteiger charge is 2.21. The number of ether oxygens (including phenoxy) is 2. The fourth-order valence-corrected chi connectivity index (χ4v) is 5.55. The number of halogens is 3. The molecule has 6 nitrogen and oxygen atoms in total. The molecule has 0 bridgehead atoms. The van der Waals surface area contributed by atoms with Gasteiger partial charge in [0.05, 0.1) is 0 Å². The Hall–Kier alpha value is -3.10. The summed E-state index contributed by atoms with van der Waals surface area (Å²) < 4.78 is 25.9. The van der Waals surface area contributed by atoms with E-state index in [0.29, 0.717) is 37.3 Å². The van der Waals surface area contributed by atoms with Crippen LogP contribution in [0.3, 0.4) is 0 Å². The highest BCUT2D eigenvalue weighted by Crippen LogP contribution is 2.23. The first-order valence-electron chi connectivity index (χ1n) is 15.2. The Morgan fingerprint density at radius 1 is 0.955 bits per heavy atom. The summed E-state index contributed by atoms with van der Waals surface area (Å²) in [5, 5.41) is 6.38. The van der Waals surface area contributed by atoms with Crippen molar-refractivity contribution >= 4 is 36.8 Å². The van der Waals surface area contributed by atoms with Gasteiger partial charge >= 0.3 is 0 Å². The summed E-state index contributed by atoms with van der Waals surface area (Å²) in [6, 6.07) is 22.6. The highest BCUT2D eigenvalue weighted by molar-refractivity contribution is 5.85. The van der Waals surface area contributed by atoms with E-state index >= 15 is 0 Å². The molecule has 2 aliphatic heterocycles. The summed E-state index contributed by atoms with van der Waals surface area (Å²) >= 11 is 0. The lowest BCUT2D eigenvalue weighted by molar-refractivity contribution is -0.122. The minimum absolute atomic E-state index is 0. The maximum Gasteiger partial charge on any atom is 0.220 e. The minimum Gasteiger partial charge on any atom is -0.490 e. The number of nitrogens with one attached hydrogen (secondary N) is 2. The molecular weight excluding hydrogens is 600 g/mol. The quantitative estimate of drug-likeness (QED) is 0.227. The van der Waals surface area contributed by atoms with Crippen molar-refractivity contribution in [1.82, 2.24) is 15.5 Å². The molecule has 2 N–H and O–H groups in total. The molecule has 5 rings (SSSR count). The molecule has 9 heteroatoms. The van der Waals surface area contributed by atoms with Crippen LogP contribution in [0.4, 0.5) is 4.39 Å². The molecule has 0 aliphatic carbocycles. The molecule has 0 aromatic heterocycles. The normalized spacial score (nSPS) is 16.1. The Morgan fingerprint density at radius 3 is 2.41 bits per heavy atom. The smallest absolute Gasteiger partial charge is 0.220 e. The van der Waals surface area contributed by atoms with Gasteiger partial charge in [0.1, 0.15) is 30.0 Å². The molecule has 3 aromatic carbocycles. The van der Waals surface area contributed by atoms with Crippen LogP contribution in [0.15, 0.2) is 78.9 Å². The second-order valence-corrected chi connectivity index (χ2v) is 11.3.